The monoisotopic (exact) mass is 399 g/mol. The number of nitrogens with one attached hydrogen (secondary N) is 1. The second-order valence-corrected chi connectivity index (χ2v) is 7.12. The van der Waals surface area contributed by atoms with Crippen LogP contribution in [-0.4, -0.2) is 23.0 Å². The molecule has 7 heteroatoms. The van der Waals surface area contributed by atoms with Gasteiger partial charge >= 0.3 is 6.09 Å². The first-order valence-electron chi connectivity index (χ1n) is 9.27. The van der Waals surface area contributed by atoms with Crippen LogP contribution in [-0.2, 0) is 11.3 Å². The van der Waals surface area contributed by atoms with E-state index in [0.717, 1.165) is 16.7 Å². The molecule has 0 fully saturated rings. The zero-order valence-electron chi connectivity index (χ0n) is 16.8. The van der Waals surface area contributed by atoms with E-state index >= 15 is 0 Å². The fourth-order valence-electron chi connectivity index (χ4n) is 3.00. The summed E-state index contributed by atoms with van der Waals surface area (Å²) >= 11 is 0. The Hall–Kier alpha value is -3.22. The van der Waals surface area contributed by atoms with Crippen LogP contribution >= 0.6 is 0 Å². The summed E-state index contributed by atoms with van der Waals surface area (Å²) in [5.74, 6) is -1.30. The minimum atomic E-state index is -0.657. The maximum Gasteiger partial charge on any atom is 0.407 e. The highest BCUT2D eigenvalue weighted by molar-refractivity contribution is 5.67. The quantitative estimate of drug-likeness (QED) is 0.649. The number of hydrogen-bond donors (Lipinski definition) is 1. The molecule has 0 radical (unpaired) electrons. The molecule has 152 valence electrons. The van der Waals surface area contributed by atoms with Gasteiger partial charge in [0.1, 0.15) is 5.69 Å². The van der Waals surface area contributed by atoms with Gasteiger partial charge in [-0.15, -0.1) is 0 Å². The smallest absolute Gasteiger partial charge is 0.407 e. The van der Waals surface area contributed by atoms with E-state index in [1.54, 1.807) is 6.07 Å². The Labute approximate surface area is 168 Å². The molecule has 1 heterocycles. The lowest BCUT2D eigenvalue weighted by Crippen LogP contribution is -2.22. The first-order valence-corrected chi connectivity index (χ1v) is 9.27. The average Bonchev–Trinajstić information content (AvgIpc) is 3.16. The highest BCUT2D eigenvalue weighted by Crippen LogP contribution is 2.26. The largest absolute Gasteiger partial charge is 0.453 e. The fourth-order valence-corrected chi connectivity index (χ4v) is 3.00. The number of rotatable bonds is 5. The molecule has 1 amide bonds. The van der Waals surface area contributed by atoms with Crippen molar-refractivity contribution in [3.05, 3.63) is 70.9 Å². The molecule has 0 unspecified atom stereocenters. The van der Waals surface area contributed by atoms with Crippen LogP contribution in [0.1, 0.15) is 36.5 Å². The van der Waals surface area contributed by atoms with Crippen molar-refractivity contribution < 1.29 is 18.3 Å². The standard InChI is InChI=1S/C22H23F2N3O2/c1-13(2)16-10-18(23)21(19(24)11-16)27-8-7-20(26-27)15-6-5-14(3)17(9-15)12-25-22(28)29-4/h5-11,13H,12H2,1-4H3,(H,25,28). The summed E-state index contributed by atoms with van der Waals surface area (Å²) in [4.78, 5) is 11.3. The van der Waals surface area contributed by atoms with Crippen LogP contribution in [0.25, 0.3) is 16.9 Å². The number of alkyl carbamates (subject to hydrolysis) is 1. The van der Waals surface area contributed by atoms with Gasteiger partial charge in [-0.2, -0.15) is 5.10 Å². The maximum atomic E-state index is 14.5. The summed E-state index contributed by atoms with van der Waals surface area (Å²) in [6.45, 7) is 5.98. The first-order chi connectivity index (χ1) is 13.8. The number of hydrogen-bond acceptors (Lipinski definition) is 3. The van der Waals surface area contributed by atoms with Gasteiger partial charge in [0.2, 0.25) is 0 Å². The molecule has 0 bridgehead atoms. The number of methoxy groups -OCH3 is 1. The van der Waals surface area contributed by atoms with E-state index in [2.05, 4.69) is 15.2 Å². The lowest BCUT2D eigenvalue weighted by Gasteiger charge is -2.11. The molecular formula is C22H23F2N3O2. The Kier molecular flexibility index (Phi) is 5.96. The summed E-state index contributed by atoms with van der Waals surface area (Å²) in [5, 5.41) is 7.00. The third-order valence-electron chi connectivity index (χ3n) is 4.78. The minimum absolute atomic E-state index is 0.0193. The normalized spacial score (nSPS) is 11.0. The van der Waals surface area contributed by atoms with Crippen molar-refractivity contribution in [2.45, 2.75) is 33.2 Å². The Morgan fingerprint density at radius 3 is 2.48 bits per heavy atom. The number of carbonyl (C=O) groups is 1. The highest BCUT2D eigenvalue weighted by atomic mass is 19.1. The first kappa shape index (κ1) is 20.5. The van der Waals surface area contributed by atoms with Gasteiger partial charge in [0, 0.05) is 18.3 Å². The van der Waals surface area contributed by atoms with Gasteiger partial charge in [-0.25, -0.2) is 18.3 Å². The van der Waals surface area contributed by atoms with Crippen molar-refractivity contribution in [3.63, 3.8) is 0 Å². The zero-order chi connectivity index (χ0) is 21.1. The van der Waals surface area contributed by atoms with Gasteiger partial charge < -0.3 is 10.1 Å². The second-order valence-electron chi connectivity index (χ2n) is 7.12. The number of halogens is 2. The number of carbonyl (C=O) groups excluding carboxylic acids is 1. The van der Waals surface area contributed by atoms with Crippen LogP contribution < -0.4 is 5.32 Å². The molecule has 0 spiro atoms. The van der Waals surface area contributed by atoms with Crippen LogP contribution in [0.2, 0.25) is 0 Å². The Morgan fingerprint density at radius 2 is 1.86 bits per heavy atom. The molecule has 0 saturated heterocycles. The van der Waals surface area contributed by atoms with Gasteiger partial charge in [0.25, 0.3) is 0 Å². The van der Waals surface area contributed by atoms with E-state index in [-0.39, 0.29) is 11.6 Å². The van der Waals surface area contributed by atoms with Crippen LogP contribution in [0, 0.1) is 18.6 Å². The molecule has 0 aliphatic rings. The summed E-state index contributed by atoms with van der Waals surface area (Å²) < 4.78 is 34.9. The van der Waals surface area contributed by atoms with E-state index in [1.807, 2.05) is 39.0 Å². The third-order valence-corrected chi connectivity index (χ3v) is 4.78. The minimum Gasteiger partial charge on any atom is -0.453 e. The molecule has 0 aliphatic carbocycles. The number of aryl methyl sites for hydroxylation is 1. The van der Waals surface area contributed by atoms with Crippen molar-refractivity contribution in [3.8, 4) is 16.9 Å². The molecule has 3 aromatic rings. The van der Waals surface area contributed by atoms with E-state index < -0.39 is 17.7 Å². The number of ether oxygens (including phenoxy) is 1. The molecule has 5 nitrogen and oxygen atoms in total. The number of benzene rings is 2. The van der Waals surface area contributed by atoms with E-state index in [9.17, 15) is 13.6 Å². The van der Waals surface area contributed by atoms with Crippen molar-refractivity contribution in [1.29, 1.82) is 0 Å². The molecule has 1 N–H and O–H groups in total. The lowest BCUT2D eigenvalue weighted by molar-refractivity contribution is 0.170. The maximum absolute atomic E-state index is 14.5. The van der Waals surface area contributed by atoms with E-state index in [4.69, 9.17) is 0 Å². The van der Waals surface area contributed by atoms with Gasteiger partial charge in [-0.3, -0.25) is 0 Å². The molecule has 2 aromatic carbocycles. The van der Waals surface area contributed by atoms with Gasteiger partial charge in [-0.1, -0.05) is 26.0 Å². The van der Waals surface area contributed by atoms with Crippen LogP contribution in [0.15, 0.2) is 42.6 Å². The molecule has 0 atom stereocenters. The predicted molar refractivity (Wildman–Crippen MR) is 107 cm³/mol. The molecule has 0 aliphatic heterocycles. The molecule has 0 saturated carbocycles. The summed E-state index contributed by atoms with van der Waals surface area (Å²) in [6.07, 6.45) is 1.01. The summed E-state index contributed by atoms with van der Waals surface area (Å²) in [5.41, 5.74) is 3.61. The van der Waals surface area contributed by atoms with Crippen LogP contribution in [0.3, 0.4) is 0 Å². The van der Waals surface area contributed by atoms with Crippen molar-refractivity contribution >= 4 is 6.09 Å². The average molecular weight is 399 g/mol. The number of nitrogens with zero attached hydrogens (tertiary/aromatic N) is 2. The van der Waals surface area contributed by atoms with Gasteiger partial charge in [0.15, 0.2) is 11.6 Å². The number of amides is 1. The third kappa shape index (κ3) is 4.45. The van der Waals surface area contributed by atoms with Crippen molar-refractivity contribution in [2.75, 3.05) is 7.11 Å². The molecule has 29 heavy (non-hydrogen) atoms. The zero-order valence-corrected chi connectivity index (χ0v) is 16.8. The van der Waals surface area contributed by atoms with E-state index in [0.29, 0.717) is 17.8 Å². The molecular weight excluding hydrogens is 376 g/mol. The molecule has 1 aromatic heterocycles. The fraction of sp³-hybridized carbons (Fsp3) is 0.273. The SMILES string of the molecule is COC(=O)NCc1cc(-c2ccn(-c3c(F)cc(C(C)C)cc3F)n2)ccc1C. The van der Waals surface area contributed by atoms with Crippen LogP contribution in [0.4, 0.5) is 13.6 Å². The van der Waals surface area contributed by atoms with Gasteiger partial charge in [-0.05, 0) is 53.8 Å². The molecule has 3 rings (SSSR count). The predicted octanol–water partition coefficient (Wildman–Crippen LogP) is 5.11. The Balaban J connectivity index is 1.92. The van der Waals surface area contributed by atoms with Crippen molar-refractivity contribution in [2.24, 2.45) is 0 Å². The Morgan fingerprint density at radius 1 is 1.17 bits per heavy atom. The highest BCUT2D eigenvalue weighted by Gasteiger charge is 2.16. The van der Waals surface area contributed by atoms with E-state index in [1.165, 1.54) is 30.1 Å². The second kappa shape index (κ2) is 8.43. The Bertz CT molecular complexity index is 1020. The lowest BCUT2D eigenvalue weighted by atomic mass is 10.0. The van der Waals surface area contributed by atoms with Crippen molar-refractivity contribution in [1.82, 2.24) is 15.1 Å². The number of aromatic nitrogens is 2. The van der Waals surface area contributed by atoms with Gasteiger partial charge in [0.05, 0.1) is 12.8 Å². The summed E-state index contributed by atoms with van der Waals surface area (Å²) in [7, 11) is 1.30. The topological polar surface area (TPSA) is 56.1 Å². The van der Waals surface area contributed by atoms with Crippen LogP contribution in [0.5, 0.6) is 0 Å². The summed E-state index contributed by atoms with van der Waals surface area (Å²) in [6, 6.07) is 10.0.